The van der Waals surface area contributed by atoms with Crippen molar-refractivity contribution in [2.45, 2.75) is 309 Å². The predicted molar refractivity (Wildman–Crippen MR) is 293 cm³/mol. The number of ether oxygens (including phenoxy) is 8. The molecule has 0 spiro atoms. The number of hydrogen-bond donors (Lipinski definition) is 16. The van der Waals surface area contributed by atoms with Crippen LogP contribution < -0.4 is 11.1 Å². The summed E-state index contributed by atoms with van der Waals surface area (Å²) in [6.45, 7) is 1.34. The maximum atomic E-state index is 13.4. The van der Waals surface area contributed by atoms with Crippen LogP contribution in [0.5, 0.6) is 0 Å². The lowest BCUT2D eigenvalue weighted by Gasteiger charge is -2.47. The van der Waals surface area contributed by atoms with Gasteiger partial charge in [-0.05, 0) is 31.1 Å². The molecule has 1 amide bonds. The number of carbonyl (C=O) groups excluding carboxylic acids is 1. The van der Waals surface area contributed by atoms with Crippen LogP contribution in [0.1, 0.15) is 168 Å². The molecule has 1 saturated carbocycles. The van der Waals surface area contributed by atoms with Gasteiger partial charge in [-0.15, -0.1) is 0 Å². The van der Waals surface area contributed by atoms with Crippen LogP contribution in [0.2, 0.25) is 0 Å². The van der Waals surface area contributed by atoms with Crippen molar-refractivity contribution in [3.8, 4) is 0 Å². The Hall–Kier alpha value is -1.94. The third kappa shape index (κ3) is 21.7. The number of aliphatic hydroxyl groups is 13. The summed E-state index contributed by atoms with van der Waals surface area (Å²) in [5.41, 5.74) is 6.19. The first kappa shape index (κ1) is 71.8. The summed E-state index contributed by atoms with van der Waals surface area (Å²) in [6.07, 6.45) is -13.5. The van der Waals surface area contributed by atoms with Crippen LogP contribution in [-0.4, -0.2) is 251 Å². The van der Waals surface area contributed by atoms with E-state index < -0.39 is 179 Å². The molecule has 0 aromatic heterocycles. The van der Waals surface area contributed by atoms with Crippen molar-refractivity contribution in [2.24, 2.45) is 17.6 Å². The van der Waals surface area contributed by atoms with Gasteiger partial charge in [0.25, 0.3) is 0 Å². The van der Waals surface area contributed by atoms with E-state index >= 15 is 0 Å². The van der Waals surface area contributed by atoms with E-state index in [0.717, 1.165) is 63.2 Å². The molecule has 5 fully saturated rings. The Morgan fingerprint density at radius 3 is 1.59 bits per heavy atom. The van der Waals surface area contributed by atoms with E-state index in [0.29, 0.717) is 12.8 Å². The van der Waals surface area contributed by atoms with Gasteiger partial charge in [0, 0.05) is 0 Å². The average molecular weight is 1200 g/mol. The zero-order chi connectivity index (χ0) is 60.8. The molecule has 486 valence electrons. The van der Waals surface area contributed by atoms with Crippen molar-refractivity contribution in [2.75, 3.05) is 26.4 Å². The Balaban J connectivity index is 1.18. The van der Waals surface area contributed by atoms with Crippen LogP contribution in [0.25, 0.3) is 0 Å². The summed E-state index contributed by atoms with van der Waals surface area (Å²) in [7, 11) is 0. The van der Waals surface area contributed by atoms with Crippen molar-refractivity contribution in [1.29, 1.82) is 0 Å². The first-order chi connectivity index (χ1) is 39.8. The van der Waals surface area contributed by atoms with E-state index in [1.54, 1.807) is 0 Å². The van der Waals surface area contributed by atoms with Crippen LogP contribution in [0, 0.1) is 11.8 Å². The second kappa shape index (κ2) is 37.2. The average Bonchev–Trinajstić information content (AvgIpc) is 4.37. The molecule has 4 aliphatic heterocycles. The van der Waals surface area contributed by atoms with Crippen LogP contribution in [0.15, 0.2) is 0 Å². The molecule has 1 aliphatic carbocycles. The van der Waals surface area contributed by atoms with Gasteiger partial charge in [0.15, 0.2) is 31.3 Å². The lowest BCUT2D eigenvalue weighted by Crippen LogP contribution is -2.67. The van der Waals surface area contributed by atoms with Gasteiger partial charge in [0.05, 0.1) is 44.6 Å². The van der Waals surface area contributed by atoms with E-state index in [-0.39, 0.29) is 12.8 Å². The zero-order valence-corrected chi connectivity index (χ0v) is 48.7. The molecule has 4 heterocycles. The lowest BCUT2D eigenvalue weighted by molar-refractivity contribution is -0.373. The van der Waals surface area contributed by atoms with Crippen molar-refractivity contribution < 1.29 is 119 Å². The largest absolute Gasteiger partial charge is 0.479 e. The van der Waals surface area contributed by atoms with Crippen LogP contribution in [0.3, 0.4) is 0 Å². The topological polar surface area (TPSA) is 429 Å². The van der Waals surface area contributed by atoms with E-state index in [2.05, 4.69) is 19.2 Å². The van der Waals surface area contributed by atoms with Gasteiger partial charge in [-0.3, -0.25) is 4.79 Å². The summed E-state index contributed by atoms with van der Waals surface area (Å²) in [4.78, 5) is 26.2. The Labute approximate surface area is 487 Å². The Morgan fingerprint density at radius 1 is 0.518 bits per heavy atom. The van der Waals surface area contributed by atoms with Crippen LogP contribution in [0.4, 0.5) is 0 Å². The maximum Gasteiger partial charge on any atom is 0.335 e. The minimum absolute atomic E-state index is 0.182. The highest BCUT2D eigenvalue weighted by molar-refractivity contribution is 5.80. The monoisotopic (exact) mass is 1200 g/mol. The molecular weight excluding hydrogens is 1100 g/mol. The summed E-state index contributed by atoms with van der Waals surface area (Å²) in [5, 5.41) is 153. The highest BCUT2D eigenvalue weighted by atomic mass is 16.8. The molecule has 5 aliphatic rings. The Bertz CT molecular complexity index is 1800. The third-order valence-corrected chi connectivity index (χ3v) is 17.2. The molecule has 17 N–H and O–H groups in total. The van der Waals surface area contributed by atoms with E-state index in [1.807, 2.05) is 0 Å². The molecule has 25 atom stereocenters. The molecule has 6 unspecified atom stereocenters. The fourth-order valence-electron chi connectivity index (χ4n) is 11.6. The first-order valence-corrected chi connectivity index (χ1v) is 30.9. The van der Waals surface area contributed by atoms with Gasteiger partial charge in [0.1, 0.15) is 91.6 Å². The minimum atomic E-state index is -2.14. The Morgan fingerprint density at radius 2 is 1.00 bits per heavy atom. The summed E-state index contributed by atoms with van der Waals surface area (Å²) in [5.74, 6) is -0.669. The number of amides is 1. The molecule has 26 nitrogen and oxygen atoms in total. The first-order valence-electron chi connectivity index (χ1n) is 30.9. The van der Waals surface area contributed by atoms with Gasteiger partial charge >= 0.3 is 5.97 Å². The summed E-state index contributed by atoms with van der Waals surface area (Å²) in [6, 6.07) is -2.83. The second-order valence-electron chi connectivity index (χ2n) is 23.7. The number of unbranched alkanes of at least 4 members (excludes halogenated alkanes) is 16. The lowest BCUT2D eigenvalue weighted by atomic mass is 9.95. The zero-order valence-electron chi connectivity index (χ0n) is 48.7. The standard InChI is InChI=1S/C57H104N2O24/c1-3-5-7-8-9-10-11-14-18-21-25-35(63)52(73)59-33(34(62)24-20-17-15-12-13-16-19-23-32-26-31(32)22-6-4-2)29-76-55-48(72)46(70)49(51(83-55)53(74)75)81-54-39(58)43(67)42(66)38(80-54)30-77-57-50(45(69)41(65)37(28-61)79-57)82-56-47(71)44(68)40(64)36(27-60)78-56/h31-51,54-57,60-72H,3-30,58H2,1-2H3,(H,59,73)(H,74,75)/t31?,32?,33?,34?,35?,36-,37-,38-,39-,40-,41+,42-,43-,44+,45+,46-,47+,48-,49+,50-,51+,54-,55?,56-,57+/m1/s1. The summed E-state index contributed by atoms with van der Waals surface area (Å²) >= 11 is 0. The highest BCUT2D eigenvalue weighted by Crippen LogP contribution is 2.45. The molecule has 0 aromatic rings. The van der Waals surface area contributed by atoms with Gasteiger partial charge in [0.2, 0.25) is 5.91 Å². The number of aliphatic hydroxyl groups excluding tert-OH is 13. The molecule has 26 heteroatoms. The third-order valence-electron chi connectivity index (χ3n) is 17.2. The Kier molecular flexibility index (Phi) is 32.1. The number of nitrogens with two attached hydrogens (primary N) is 1. The van der Waals surface area contributed by atoms with Gasteiger partial charge < -0.3 is 120 Å². The number of hydrogen-bond acceptors (Lipinski definition) is 24. The van der Waals surface area contributed by atoms with Crippen molar-refractivity contribution in [3.05, 3.63) is 0 Å². The van der Waals surface area contributed by atoms with Crippen molar-refractivity contribution >= 4 is 11.9 Å². The number of carbonyl (C=O) groups is 2. The number of carboxylic acids is 1. The normalized spacial score (nSPS) is 37.7. The van der Waals surface area contributed by atoms with Gasteiger partial charge in [-0.2, -0.15) is 0 Å². The molecule has 4 saturated heterocycles. The number of aliphatic carboxylic acids is 1. The van der Waals surface area contributed by atoms with Crippen molar-refractivity contribution in [1.82, 2.24) is 5.32 Å². The number of nitrogens with one attached hydrogen (secondary N) is 1. The quantitative estimate of drug-likeness (QED) is 0.0334. The molecule has 0 radical (unpaired) electrons. The fraction of sp³-hybridized carbons (Fsp3) is 0.965. The molecule has 83 heavy (non-hydrogen) atoms. The summed E-state index contributed by atoms with van der Waals surface area (Å²) < 4.78 is 45.6. The van der Waals surface area contributed by atoms with Gasteiger partial charge in [-0.25, -0.2) is 4.79 Å². The maximum absolute atomic E-state index is 13.4. The predicted octanol–water partition coefficient (Wildman–Crippen LogP) is -0.811. The highest BCUT2D eigenvalue weighted by Gasteiger charge is 2.55. The van der Waals surface area contributed by atoms with E-state index in [1.165, 1.54) is 77.0 Å². The van der Waals surface area contributed by atoms with Gasteiger partial charge in [-0.1, -0.05) is 149 Å². The SMILES string of the molecule is CCCCCCCCCCCCC(O)C(=O)NC(COC1O[C@H](C(=O)O)[C@@H](O[C@H]2O[C@H](CO[C@H]3O[C@H](CO)[C@H](O)[C@H](O)[C@H]3O[C@H]3O[C@H](CO)[C@@H](O)[C@H](O)[C@@H]3O)[C@@H](O)[C@H](O)[C@H]2N)[C@H](O)[C@H]1O)C(O)CCCCCCCCCC1CC1CCCC. The van der Waals surface area contributed by atoms with Crippen LogP contribution in [-0.2, 0) is 47.5 Å². The van der Waals surface area contributed by atoms with Crippen LogP contribution >= 0.6 is 0 Å². The molecule has 0 bridgehead atoms. The van der Waals surface area contributed by atoms with E-state index in [4.69, 9.17) is 43.6 Å². The molecule has 5 rings (SSSR count). The van der Waals surface area contributed by atoms with Crippen molar-refractivity contribution in [3.63, 3.8) is 0 Å². The number of rotatable bonds is 40. The fourth-order valence-corrected chi connectivity index (χ4v) is 11.6. The smallest absolute Gasteiger partial charge is 0.335 e. The minimum Gasteiger partial charge on any atom is -0.479 e. The number of carboxylic acid groups (broad SMARTS) is 1. The second-order valence-corrected chi connectivity index (χ2v) is 23.7. The molecule has 0 aromatic carbocycles. The molecular formula is C57H104N2O24. The van der Waals surface area contributed by atoms with E-state index in [9.17, 15) is 81.1 Å².